The summed E-state index contributed by atoms with van der Waals surface area (Å²) in [6.45, 7) is 1.90. The Morgan fingerprint density at radius 3 is 2.83 bits per heavy atom. The quantitative estimate of drug-likeness (QED) is 0.884. The van der Waals surface area contributed by atoms with Crippen LogP contribution in [0.4, 0.5) is 0 Å². The summed E-state index contributed by atoms with van der Waals surface area (Å²) in [6, 6.07) is 7.55. The molecule has 0 bridgehead atoms. The molecule has 7 heteroatoms. The maximum Gasteiger partial charge on any atom is 0.246 e. The zero-order chi connectivity index (χ0) is 16.6. The smallest absolute Gasteiger partial charge is 0.246 e. The molecule has 0 unspecified atom stereocenters. The van der Waals surface area contributed by atoms with Crippen molar-refractivity contribution >= 4 is 22.8 Å². The van der Waals surface area contributed by atoms with E-state index >= 15 is 0 Å². The van der Waals surface area contributed by atoms with E-state index < -0.39 is 0 Å². The van der Waals surface area contributed by atoms with Crippen molar-refractivity contribution < 1.29 is 18.8 Å². The van der Waals surface area contributed by atoms with Crippen molar-refractivity contribution in [1.29, 1.82) is 0 Å². The Morgan fingerprint density at radius 1 is 1.29 bits per heavy atom. The first-order valence-corrected chi connectivity index (χ1v) is 8.17. The Labute approximate surface area is 138 Å². The van der Waals surface area contributed by atoms with Crippen molar-refractivity contribution in [2.45, 2.75) is 24.9 Å². The molecule has 0 atom stereocenters. The topological polar surface area (TPSA) is 84.7 Å². The van der Waals surface area contributed by atoms with Crippen LogP contribution in [0.25, 0.3) is 11.0 Å². The fourth-order valence-corrected chi connectivity index (χ4v) is 3.39. The number of fused-ring (bicyclic) bond motifs is 1. The predicted octanol–water partition coefficient (Wildman–Crippen LogP) is 0.878. The summed E-state index contributed by atoms with van der Waals surface area (Å²) in [5.74, 6) is -0.0270. The highest BCUT2D eigenvalue weighted by Crippen LogP contribution is 2.28. The van der Waals surface area contributed by atoms with E-state index in [-0.39, 0.29) is 30.4 Å². The fraction of sp³-hybridized carbons (Fsp3) is 0.471. The zero-order valence-electron chi connectivity index (χ0n) is 13.3. The van der Waals surface area contributed by atoms with E-state index in [1.807, 2.05) is 29.2 Å². The minimum atomic E-state index is -0.314. The van der Waals surface area contributed by atoms with Gasteiger partial charge in [0.15, 0.2) is 5.58 Å². The molecule has 0 radical (unpaired) electrons. The molecule has 2 fully saturated rings. The van der Waals surface area contributed by atoms with Crippen LogP contribution >= 0.6 is 0 Å². The van der Waals surface area contributed by atoms with Crippen LogP contribution in [-0.2, 0) is 20.7 Å². The first kappa shape index (κ1) is 15.1. The number of morpholine rings is 1. The number of piperidine rings is 1. The van der Waals surface area contributed by atoms with E-state index in [4.69, 9.17) is 9.26 Å². The van der Waals surface area contributed by atoms with E-state index in [1.165, 1.54) is 0 Å². The van der Waals surface area contributed by atoms with Crippen LogP contribution in [0.2, 0.25) is 0 Å². The van der Waals surface area contributed by atoms with Gasteiger partial charge in [-0.2, -0.15) is 0 Å². The molecule has 2 aliphatic heterocycles. The third kappa shape index (κ3) is 2.75. The van der Waals surface area contributed by atoms with Crippen molar-refractivity contribution in [3.05, 3.63) is 30.0 Å². The van der Waals surface area contributed by atoms with Crippen LogP contribution in [-0.4, -0.2) is 53.7 Å². The number of carbonyl (C=O) groups excluding carboxylic acids is 2. The van der Waals surface area contributed by atoms with Crippen molar-refractivity contribution in [1.82, 2.24) is 15.4 Å². The van der Waals surface area contributed by atoms with Crippen molar-refractivity contribution in [2.75, 3.05) is 26.2 Å². The van der Waals surface area contributed by atoms with Gasteiger partial charge in [-0.3, -0.25) is 9.59 Å². The third-order valence-electron chi connectivity index (χ3n) is 4.92. The second kappa shape index (κ2) is 5.90. The number of hydrogen-bond acceptors (Lipinski definition) is 5. The summed E-state index contributed by atoms with van der Waals surface area (Å²) < 4.78 is 11.0. The van der Waals surface area contributed by atoms with Crippen molar-refractivity contribution in [2.24, 2.45) is 0 Å². The molecule has 2 aromatic rings. The predicted molar refractivity (Wildman–Crippen MR) is 85.2 cm³/mol. The molecule has 1 aromatic heterocycles. The van der Waals surface area contributed by atoms with E-state index in [0.717, 1.165) is 18.2 Å². The average molecular weight is 329 g/mol. The van der Waals surface area contributed by atoms with E-state index in [2.05, 4.69) is 10.5 Å². The number of nitrogens with zero attached hydrogens (tertiary/aromatic N) is 2. The van der Waals surface area contributed by atoms with Crippen LogP contribution in [0.5, 0.6) is 0 Å². The molecule has 1 aromatic carbocycles. The molecule has 7 nitrogen and oxygen atoms in total. The molecule has 4 rings (SSSR count). The Bertz CT molecular complexity index is 765. The summed E-state index contributed by atoms with van der Waals surface area (Å²) in [5.41, 5.74) is 1.06. The molecule has 2 aliphatic rings. The van der Waals surface area contributed by atoms with Gasteiger partial charge in [0.25, 0.3) is 0 Å². The van der Waals surface area contributed by atoms with Gasteiger partial charge in [-0.1, -0.05) is 17.3 Å². The molecular weight excluding hydrogens is 310 g/mol. The first-order valence-electron chi connectivity index (χ1n) is 8.17. The van der Waals surface area contributed by atoms with Gasteiger partial charge in [0.2, 0.25) is 11.8 Å². The van der Waals surface area contributed by atoms with Crippen molar-refractivity contribution in [3.8, 4) is 0 Å². The molecule has 3 heterocycles. The molecule has 2 saturated heterocycles. The summed E-state index contributed by atoms with van der Waals surface area (Å²) in [7, 11) is 0. The lowest BCUT2D eigenvalue weighted by molar-refractivity contribution is -0.154. The Kier molecular flexibility index (Phi) is 3.72. The highest BCUT2D eigenvalue weighted by molar-refractivity contribution is 5.86. The van der Waals surface area contributed by atoms with Gasteiger partial charge in [-0.15, -0.1) is 0 Å². The summed E-state index contributed by atoms with van der Waals surface area (Å²) in [6.07, 6.45) is 1.71. The normalized spacial score (nSPS) is 20.3. The lowest BCUT2D eigenvalue weighted by Crippen LogP contribution is -2.58. The van der Waals surface area contributed by atoms with E-state index in [9.17, 15) is 9.59 Å². The maximum atomic E-state index is 12.6. The molecule has 24 heavy (non-hydrogen) atoms. The fourth-order valence-electron chi connectivity index (χ4n) is 3.39. The molecule has 1 spiro atoms. The van der Waals surface area contributed by atoms with Crippen molar-refractivity contribution in [3.63, 3.8) is 0 Å². The number of carbonyl (C=O) groups is 2. The average Bonchev–Trinajstić information content (AvgIpc) is 3.02. The highest BCUT2D eigenvalue weighted by atomic mass is 16.5. The molecular formula is C17H19N3O4. The standard InChI is InChI=1S/C17H19N3O4/c21-15-10-23-17(11-18-15)5-7-20(8-6-17)16(22)9-13-12-3-1-2-4-14(12)24-19-13/h1-4H,5-11H2,(H,18,21). The zero-order valence-corrected chi connectivity index (χ0v) is 13.3. The van der Waals surface area contributed by atoms with Crippen LogP contribution in [0.15, 0.2) is 28.8 Å². The van der Waals surface area contributed by atoms with Crippen LogP contribution in [0.1, 0.15) is 18.5 Å². The number of aromatic nitrogens is 1. The number of nitrogens with one attached hydrogen (secondary N) is 1. The van der Waals surface area contributed by atoms with E-state index in [0.29, 0.717) is 30.9 Å². The number of likely N-dealkylation sites (tertiary alicyclic amines) is 1. The number of hydrogen-bond donors (Lipinski definition) is 1. The van der Waals surface area contributed by atoms with Crippen LogP contribution < -0.4 is 5.32 Å². The van der Waals surface area contributed by atoms with E-state index in [1.54, 1.807) is 0 Å². The SMILES string of the molecule is O=C1COC2(CCN(C(=O)Cc3noc4ccccc34)CC2)CN1. The molecule has 0 saturated carbocycles. The first-order chi connectivity index (χ1) is 11.7. The van der Waals surface area contributed by atoms with Gasteiger partial charge in [0, 0.05) is 25.0 Å². The Hall–Kier alpha value is -2.41. The summed E-state index contributed by atoms with van der Waals surface area (Å²) in [5, 5.41) is 7.77. The molecule has 126 valence electrons. The molecule has 0 aliphatic carbocycles. The number of rotatable bonds is 2. The lowest BCUT2D eigenvalue weighted by Gasteiger charge is -2.43. The Morgan fingerprint density at radius 2 is 2.08 bits per heavy atom. The van der Waals surface area contributed by atoms with Crippen LogP contribution in [0, 0.1) is 0 Å². The summed E-state index contributed by atoms with van der Waals surface area (Å²) >= 11 is 0. The molecule has 2 amide bonds. The second-order valence-electron chi connectivity index (χ2n) is 6.43. The van der Waals surface area contributed by atoms with Crippen LogP contribution in [0.3, 0.4) is 0 Å². The molecule has 1 N–H and O–H groups in total. The summed E-state index contributed by atoms with van der Waals surface area (Å²) in [4.78, 5) is 25.6. The number of benzene rings is 1. The minimum absolute atomic E-state index is 0.0451. The third-order valence-corrected chi connectivity index (χ3v) is 4.92. The highest BCUT2D eigenvalue weighted by Gasteiger charge is 2.39. The minimum Gasteiger partial charge on any atom is -0.363 e. The number of para-hydroxylation sites is 1. The number of ether oxygens (including phenoxy) is 1. The van der Waals surface area contributed by atoms with Gasteiger partial charge in [0.05, 0.1) is 12.0 Å². The van der Waals surface area contributed by atoms with Gasteiger partial charge in [-0.05, 0) is 25.0 Å². The van der Waals surface area contributed by atoms with Gasteiger partial charge >= 0.3 is 0 Å². The monoisotopic (exact) mass is 329 g/mol. The van der Waals surface area contributed by atoms with Gasteiger partial charge in [0.1, 0.15) is 12.3 Å². The lowest BCUT2D eigenvalue weighted by atomic mass is 9.90. The largest absolute Gasteiger partial charge is 0.363 e. The van der Waals surface area contributed by atoms with Gasteiger partial charge in [-0.25, -0.2) is 0 Å². The second-order valence-corrected chi connectivity index (χ2v) is 6.43. The van der Waals surface area contributed by atoms with Gasteiger partial charge < -0.3 is 19.5 Å². The maximum absolute atomic E-state index is 12.6. The number of amides is 2. The Balaban J connectivity index is 1.39.